The van der Waals surface area contributed by atoms with Crippen LogP contribution in [0.2, 0.25) is 0 Å². The third kappa shape index (κ3) is 3.57. The fraction of sp³-hybridized carbons (Fsp3) is 0.833. The zero-order valence-corrected chi connectivity index (χ0v) is 12.6. The van der Waals surface area contributed by atoms with Crippen LogP contribution in [-0.4, -0.2) is 24.0 Å². The smallest absolute Gasteiger partial charge is 0.00385 e. The molecule has 0 aromatic heterocycles. The van der Waals surface area contributed by atoms with Crippen LogP contribution in [0.3, 0.4) is 0 Å². The molecule has 0 unspecified atom stereocenters. The minimum atomic E-state index is 0. The van der Waals surface area contributed by atoms with Crippen molar-refractivity contribution in [2.45, 2.75) is 45.6 Å². The zero-order valence-electron chi connectivity index (χ0n) is 9.76. The molecule has 0 saturated carbocycles. The Balaban J connectivity index is 0.00000169. The van der Waals surface area contributed by atoms with E-state index in [1.165, 1.54) is 25.9 Å². The monoisotopic (exact) mass is 270 g/mol. The van der Waals surface area contributed by atoms with Gasteiger partial charge in [-0.05, 0) is 39.8 Å². The minimum Gasteiger partial charge on any atom is -0.343 e. The van der Waals surface area contributed by atoms with Crippen LogP contribution in [0.15, 0.2) is 0 Å². The Kier molecular flexibility index (Phi) is 7.11. The van der Waals surface area contributed by atoms with Crippen molar-refractivity contribution in [2.24, 2.45) is 5.41 Å². The second-order valence-electron chi connectivity index (χ2n) is 4.63. The van der Waals surface area contributed by atoms with E-state index in [0.29, 0.717) is 11.5 Å². The first-order chi connectivity index (χ1) is 6.13. The topological polar surface area (TPSA) is 3.24 Å². The molecule has 1 aliphatic rings. The first-order valence-electron chi connectivity index (χ1n) is 5.46. The van der Waals surface area contributed by atoms with Gasteiger partial charge < -0.3 is 18.7 Å². The Morgan fingerprint density at radius 1 is 1.14 bits per heavy atom. The van der Waals surface area contributed by atoms with Crippen molar-refractivity contribution in [1.29, 1.82) is 0 Å². The molecule has 1 aliphatic heterocycles. The molecule has 0 aromatic rings. The third-order valence-electron chi connectivity index (χ3n) is 3.65. The van der Waals surface area contributed by atoms with Gasteiger partial charge in [0.1, 0.15) is 0 Å². The molecule has 1 nitrogen and oxygen atoms in total. The Morgan fingerprint density at radius 2 is 1.57 bits per heavy atom. The number of hydrogen-bond acceptors (Lipinski definition) is 1. The summed E-state index contributed by atoms with van der Waals surface area (Å²) < 4.78 is 0. The van der Waals surface area contributed by atoms with Gasteiger partial charge in [-0.25, -0.2) is 0 Å². The van der Waals surface area contributed by atoms with Gasteiger partial charge >= 0.3 is 0 Å². The van der Waals surface area contributed by atoms with E-state index in [2.05, 4.69) is 32.6 Å². The van der Waals surface area contributed by atoms with E-state index in [0.717, 1.165) is 12.8 Å². The summed E-state index contributed by atoms with van der Waals surface area (Å²) in [5, 5.41) is 0. The summed E-state index contributed by atoms with van der Waals surface area (Å²) in [7, 11) is 0. The van der Waals surface area contributed by atoms with Gasteiger partial charge in [0.15, 0.2) is 0 Å². The van der Waals surface area contributed by atoms with E-state index < -0.39 is 0 Å². The molecule has 0 atom stereocenters. The van der Waals surface area contributed by atoms with Gasteiger partial charge in [0.2, 0.25) is 0 Å². The molecule has 1 saturated heterocycles. The molecule has 14 heavy (non-hydrogen) atoms. The number of hydrogen-bond donors (Lipinski definition) is 0. The molecule has 0 amide bonds. The summed E-state index contributed by atoms with van der Waals surface area (Å²) in [6.07, 6.45) is 4.70. The van der Waals surface area contributed by atoms with Crippen LogP contribution in [0, 0.1) is 19.3 Å². The second kappa shape index (κ2) is 6.60. The second-order valence-corrected chi connectivity index (χ2v) is 4.63. The van der Waals surface area contributed by atoms with E-state index in [-0.39, 0.29) is 32.7 Å². The quantitative estimate of drug-likeness (QED) is 0.713. The summed E-state index contributed by atoms with van der Waals surface area (Å²) in [6.45, 7) is 15.2. The van der Waals surface area contributed by atoms with Gasteiger partial charge in [-0.3, -0.25) is 0 Å². The van der Waals surface area contributed by atoms with Crippen LogP contribution in [0.1, 0.15) is 39.5 Å². The SMILES string of the molecule is [CH2-]CC1(C[CH2-])CCN(C(C)C)CC1.[Y]. The number of likely N-dealkylation sites (tertiary alicyclic amines) is 1. The van der Waals surface area contributed by atoms with Crippen LogP contribution in [0.25, 0.3) is 0 Å². The molecule has 81 valence electrons. The Labute approximate surface area is 115 Å². The average molecular weight is 270 g/mol. The molecule has 1 fully saturated rings. The zero-order chi connectivity index (χ0) is 9.90. The van der Waals surface area contributed by atoms with Crippen LogP contribution in [0.4, 0.5) is 0 Å². The van der Waals surface area contributed by atoms with Crippen LogP contribution in [0.5, 0.6) is 0 Å². The summed E-state index contributed by atoms with van der Waals surface area (Å²) >= 11 is 0. The standard InChI is InChI=1S/C12H23N.Y/c1-5-12(6-2)7-9-13(10-8-12)11(3)4;/h11H,1-2,5-10H2,3-4H3;/q-2;. The Bertz CT molecular complexity index is 142. The Morgan fingerprint density at radius 3 is 1.86 bits per heavy atom. The molecule has 0 spiro atoms. The maximum atomic E-state index is 4.06. The molecular weight excluding hydrogens is 247 g/mol. The number of rotatable bonds is 3. The first kappa shape index (κ1) is 15.1. The van der Waals surface area contributed by atoms with E-state index in [1.807, 2.05) is 0 Å². The van der Waals surface area contributed by atoms with Crippen LogP contribution >= 0.6 is 0 Å². The molecule has 0 aromatic carbocycles. The molecule has 0 N–H and O–H groups in total. The van der Waals surface area contributed by atoms with Gasteiger partial charge in [-0.1, -0.05) is 5.41 Å². The Hall–Kier alpha value is 1.06. The summed E-state index contributed by atoms with van der Waals surface area (Å²) in [5.74, 6) is 0. The van der Waals surface area contributed by atoms with Crippen molar-refractivity contribution in [2.75, 3.05) is 13.1 Å². The largest absolute Gasteiger partial charge is 0.343 e. The van der Waals surface area contributed by atoms with Crippen molar-refractivity contribution in [3.05, 3.63) is 13.8 Å². The third-order valence-corrected chi connectivity index (χ3v) is 3.65. The predicted octanol–water partition coefficient (Wildman–Crippen LogP) is 2.92. The molecule has 0 aliphatic carbocycles. The maximum absolute atomic E-state index is 4.06. The fourth-order valence-electron chi connectivity index (χ4n) is 2.14. The molecule has 1 heterocycles. The normalized spacial score (nSPS) is 22.1. The van der Waals surface area contributed by atoms with Crippen LogP contribution < -0.4 is 0 Å². The van der Waals surface area contributed by atoms with Crippen molar-refractivity contribution in [3.8, 4) is 0 Å². The van der Waals surface area contributed by atoms with Crippen molar-refractivity contribution in [1.82, 2.24) is 4.90 Å². The summed E-state index contributed by atoms with van der Waals surface area (Å²) in [4.78, 5) is 2.56. The first-order valence-corrected chi connectivity index (χ1v) is 5.46. The molecule has 1 radical (unpaired) electrons. The summed E-state index contributed by atoms with van der Waals surface area (Å²) in [5.41, 5.74) is 0.464. The van der Waals surface area contributed by atoms with E-state index in [1.54, 1.807) is 0 Å². The van der Waals surface area contributed by atoms with Crippen molar-refractivity contribution in [3.63, 3.8) is 0 Å². The van der Waals surface area contributed by atoms with Crippen molar-refractivity contribution >= 4 is 0 Å². The van der Waals surface area contributed by atoms with Gasteiger partial charge in [0.25, 0.3) is 0 Å². The molecule has 0 bridgehead atoms. The number of nitrogens with zero attached hydrogens (tertiary/aromatic N) is 1. The average Bonchev–Trinajstić information content (AvgIpc) is 2.18. The van der Waals surface area contributed by atoms with Crippen molar-refractivity contribution < 1.29 is 32.7 Å². The number of piperidine rings is 1. The minimum absolute atomic E-state index is 0. The van der Waals surface area contributed by atoms with E-state index >= 15 is 0 Å². The maximum Gasteiger partial charge on any atom is 0.00385 e. The van der Waals surface area contributed by atoms with Gasteiger partial charge in [0.05, 0.1) is 0 Å². The van der Waals surface area contributed by atoms with Crippen LogP contribution in [-0.2, 0) is 32.7 Å². The molecule has 1 rings (SSSR count). The van der Waals surface area contributed by atoms with Gasteiger partial charge in [-0.15, -0.1) is 0 Å². The molecular formula is C12H23NY-2. The molecule has 2 heteroatoms. The van der Waals surface area contributed by atoms with E-state index in [4.69, 9.17) is 0 Å². The van der Waals surface area contributed by atoms with E-state index in [9.17, 15) is 0 Å². The summed E-state index contributed by atoms with van der Waals surface area (Å²) in [6, 6.07) is 0.702. The fourth-order valence-corrected chi connectivity index (χ4v) is 2.14. The van der Waals surface area contributed by atoms with Gasteiger partial charge in [0, 0.05) is 38.8 Å². The van der Waals surface area contributed by atoms with Gasteiger partial charge in [-0.2, -0.15) is 12.8 Å². The predicted molar refractivity (Wildman–Crippen MR) is 58.3 cm³/mol.